The van der Waals surface area contributed by atoms with E-state index in [0.29, 0.717) is 16.7 Å². The Labute approximate surface area is 186 Å². The molecule has 2 unspecified atom stereocenters. The summed E-state index contributed by atoms with van der Waals surface area (Å²) in [5.74, 6) is 2.27. The van der Waals surface area contributed by atoms with Crippen molar-refractivity contribution in [1.82, 2.24) is 5.32 Å². The minimum Gasteiger partial charge on any atom is -0.497 e. The zero-order valence-corrected chi connectivity index (χ0v) is 18.2. The number of halogens is 2. The fraction of sp³-hybridized carbons (Fsp3) is 0.208. The Balaban J connectivity index is 1.78. The molecule has 0 saturated heterocycles. The van der Waals surface area contributed by atoms with Gasteiger partial charge in [0.1, 0.15) is 23.4 Å². The standard InChI is InChI=1S/C24H22Cl2N2O2/c1-3-30-21-13-12-19(29-2)14-20(21)24-27-22(15-4-8-17(25)9-5-15)23(28-24)16-6-10-18(26)11-7-16/h4-14,22-23H,3H2,1-2H3,(H,27,28). The molecule has 0 spiro atoms. The smallest absolute Gasteiger partial charge is 0.133 e. The minimum atomic E-state index is -0.126. The van der Waals surface area contributed by atoms with Crippen LogP contribution in [0, 0.1) is 0 Å². The first kappa shape index (κ1) is 20.6. The van der Waals surface area contributed by atoms with Gasteiger partial charge in [-0.1, -0.05) is 47.5 Å². The molecule has 3 aromatic carbocycles. The number of nitrogens with one attached hydrogen (secondary N) is 1. The van der Waals surface area contributed by atoms with E-state index >= 15 is 0 Å². The second-order valence-electron chi connectivity index (χ2n) is 6.94. The lowest BCUT2D eigenvalue weighted by Gasteiger charge is -2.20. The number of methoxy groups -OCH3 is 1. The Morgan fingerprint density at radius 3 is 2.13 bits per heavy atom. The maximum atomic E-state index is 6.11. The Morgan fingerprint density at radius 1 is 0.900 bits per heavy atom. The van der Waals surface area contributed by atoms with E-state index in [1.165, 1.54) is 0 Å². The molecule has 3 aromatic rings. The van der Waals surface area contributed by atoms with Gasteiger partial charge >= 0.3 is 0 Å². The maximum absolute atomic E-state index is 6.11. The van der Waals surface area contributed by atoms with E-state index in [1.807, 2.05) is 73.7 Å². The maximum Gasteiger partial charge on any atom is 0.133 e. The molecule has 1 aliphatic rings. The topological polar surface area (TPSA) is 42.9 Å². The molecule has 1 N–H and O–H groups in total. The SMILES string of the molecule is CCOc1ccc(OC)cc1C1=NC(c2ccc(Cl)cc2)C(c2ccc(Cl)cc2)N1. The summed E-state index contributed by atoms with van der Waals surface area (Å²) in [6.07, 6.45) is 0. The van der Waals surface area contributed by atoms with Crippen LogP contribution in [0.25, 0.3) is 0 Å². The molecule has 0 amide bonds. The molecule has 4 rings (SSSR count). The summed E-state index contributed by atoms with van der Waals surface area (Å²) in [6.45, 7) is 2.53. The minimum absolute atomic E-state index is 0.0564. The summed E-state index contributed by atoms with van der Waals surface area (Å²) >= 11 is 12.2. The van der Waals surface area contributed by atoms with Crippen LogP contribution in [0.15, 0.2) is 71.7 Å². The molecule has 2 atom stereocenters. The molecule has 0 saturated carbocycles. The van der Waals surface area contributed by atoms with Crippen LogP contribution in [0.2, 0.25) is 10.0 Å². The molecular formula is C24H22Cl2N2O2. The van der Waals surface area contributed by atoms with E-state index in [9.17, 15) is 0 Å². The monoisotopic (exact) mass is 440 g/mol. The van der Waals surface area contributed by atoms with Gasteiger partial charge in [-0.3, -0.25) is 4.99 Å². The molecule has 30 heavy (non-hydrogen) atoms. The van der Waals surface area contributed by atoms with Gasteiger partial charge in [-0.15, -0.1) is 0 Å². The summed E-state index contributed by atoms with van der Waals surface area (Å²) in [6, 6.07) is 21.2. The van der Waals surface area contributed by atoms with Crippen molar-refractivity contribution in [2.24, 2.45) is 4.99 Å². The first-order valence-electron chi connectivity index (χ1n) is 9.75. The highest BCUT2D eigenvalue weighted by Gasteiger charge is 2.33. The number of hydrogen-bond donors (Lipinski definition) is 1. The summed E-state index contributed by atoms with van der Waals surface area (Å²) < 4.78 is 11.3. The van der Waals surface area contributed by atoms with Crippen LogP contribution in [-0.2, 0) is 0 Å². The van der Waals surface area contributed by atoms with Crippen molar-refractivity contribution in [3.63, 3.8) is 0 Å². The van der Waals surface area contributed by atoms with Crippen LogP contribution in [0.1, 0.15) is 35.7 Å². The molecule has 0 aromatic heterocycles. The highest BCUT2D eigenvalue weighted by atomic mass is 35.5. The number of ether oxygens (including phenoxy) is 2. The van der Waals surface area contributed by atoms with E-state index in [4.69, 9.17) is 37.7 Å². The Hall–Kier alpha value is -2.69. The molecule has 1 heterocycles. The quantitative estimate of drug-likeness (QED) is 0.493. The van der Waals surface area contributed by atoms with Crippen molar-refractivity contribution in [2.75, 3.05) is 13.7 Å². The van der Waals surface area contributed by atoms with Crippen LogP contribution in [-0.4, -0.2) is 19.6 Å². The molecule has 1 aliphatic heterocycles. The lowest BCUT2D eigenvalue weighted by molar-refractivity contribution is 0.338. The zero-order valence-electron chi connectivity index (χ0n) is 16.7. The summed E-state index contributed by atoms with van der Waals surface area (Å²) in [4.78, 5) is 5.05. The van der Waals surface area contributed by atoms with Gasteiger partial charge in [0.05, 0.1) is 25.3 Å². The second kappa shape index (κ2) is 8.99. The van der Waals surface area contributed by atoms with Crippen molar-refractivity contribution in [2.45, 2.75) is 19.0 Å². The third kappa shape index (κ3) is 4.25. The van der Waals surface area contributed by atoms with Gasteiger partial charge in [0.2, 0.25) is 0 Å². The van der Waals surface area contributed by atoms with Crippen molar-refractivity contribution < 1.29 is 9.47 Å². The average Bonchev–Trinajstić information content (AvgIpc) is 3.20. The van der Waals surface area contributed by atoms with Crippen molar-refractivity contribution in [3.8, 4) is 11.5 Å². The molecular weight excluding hydrogens is 419 g/mol. The lowest BCUT2D eigenvalue weighted by Crippen LogP contribution is -2.25. The molecule has 0 fully saturated rings. The van der Waals surface area contributed by atoms with Gasteiger partial charge in [0.15, 0.2) is 0 Å². The largest absolute Gasteiger partial charge is 0.497 e. The number of aliphatic imine (C=N–C) groups is 1. The lowest BCUT2D eigenvalue weighted by atomic mass is 9.95. The van der Waals surface area contributed by atoms with Gasteiger partial charge < -0.3 is 14.8 Å². The fourth-order valence-electron chi connectivity index (χ4n) is 3.59. The highest BCUT2D eigenvalue weighted by Crippen LogP contribution is 2.39. The van der Waals surface area contributed by atoms with Crippen LogP contribution in [0.3, 0.4) is 0 Å². The Bertz CT molecular complexity index is 1050. The van der Waals surface area contributed by atoms with Crippen molar-refractivity contribution in [1.29, 1.82) is 0 Å². The third-order valence-corrected chi connectivity index (χ3v) is 5.56. The van der Waals surface area contributed by atoms with E-state index in [1.54, 1.807) is 7.11 Å². The summed E-state index contributed by atoms with van der Waals surface area (Å²) in [7, 11) is 1.65. The normalized spacial score (nSPS) is 17.9. The van der Waals surface area contributed by atoms with Crippen molar-refractivity contribution in [3.05, 3.63) is 93.5 Å². The van der Waals surface area contributed by atoms with Gasteiger partial charge in [0, 0.05) is 10.0 Å². The predicted octanol–water partition coefficient (Wildman–Crippen LogP) is 6.23. The van der Waals surface area contributed by atoms with Gasteiger partial charge in [0.25, 0.3) is 0 Å². The van der Waals surface area contributed by atoms with Gasteiger partial charge in [-0.2, -0.15) is 0 Å². The highest BCUT2D eigenvalue weighted by molar-refractivity contribution is 6.30. The molecule has 154 valence electrons. The Kier molecular flexibility index (Phi) is 6.16. The number of nitrogens with zero attached hydrogens (tertiary/aromatic N) is 1. The Morgan fingerprint density at radius 2 is 1.53 bits per heavy atom. The summed E-state index contributed by atoms with van der Waals surface area (Å²) in [5, 5.41) is 4.99. The average molecular weight is 441 g/mol. The molecule has 0 aliphatic carbocycles. The van der Waals surface area contributed by atoms with Crippen LogP contribution >= 0.6 is 23.2 Å². The fourth-order valence-corrected chi connectivity index (χ4v) is 3.84. The predicted molar refractivity (Wildman–Crippen MR) is 122 cm³/mol. The van der Waals surface area contributed by atoms with E-state index in [2.05, 4.69) is 5.32 Å². The van der Waals surface area contributed by atoms with Crippen LogP contribution in [0.4, 0.5) is 0 Å². The molecule has 4 nitrogen and oxygen atoms in total. The molecule has 0 bridgehead atoms. The zero-order chi connectivity index (χ0) is 21.1. The van der Waals surface area contributed by atoms with Crippen LogP contribution in [0.5, 0.6) is 11.5 Å². The first-order valence-corrected chi connectivity index (χ1v) is 10.5. The number of amidine groups is 1. The first-order chi connectivity index (χ1) is 14.6. The van der Waals surface area contributed by atoms with Gasteiger partial charge in [-0.05, 0) is 60.5 Å². The van der Waals surface area contributed by atoms with E-state index in [-0.39, 0.29) is 12.1 Å². The van der Waals surface area contributed by atoms with Crippen molar-refractivity contribution >= 4 is 29.0 Å². The molecule has 6 heteroatoms. The van der Waals surface area contributed by atoms with E-state index < -0.39 is 0 Å². The van der Waals surface area contributed by atoms with Gasteiger partial charge in [-0.25, -0.2) is 0 Å². The van der Waals surface area contributed by atoms with Crippen LogP contribution < -0.4 is 14.8 Å². The number of rotatable bonds is 6. The number of benzene rings is 3. The third-order valence-electron chi connectivity index (χ3n) is 5.06. The number of hydrogen-bond acceptors (Lipinski definition) is 4. The second-order valence-corrected chi connectivity index (χ2v) is 7.82. The van der Waals surface area contributed by atoms with E-state index in [0.717, 1.165) is 34.0 Å². The summed E-state index contributed by atoms with van der Waals surface area (Å²) in [5.41, 5.74) is 3.04. The molecule has 0 radical (unpaired) electrons.